The molecule has 1 saturated heterocycles. The largest absolute Gasteiger partial charge is 0.378 e. The van der Waals surface area contributed by atoms with Gasteiger partial charge in [0.05, 0.1) is 6.10 Å². The lowest BCUT2D eigenvalue weighted by atomic mass is 10.00. The molecule has 0 saturated carbocycles. The molecule has 1 aromatic carbocycles. The maximum Gasteiger partial charge on any atom is 0.0576 e. The van der Waals surface area contributed by atoms with Gasteiger partial charge in [0.1, 0.15) is 0 Å². The normalized spacial score (nSPS) is 20.6. The van der Waals surface area contributed by atoms with E-state index >= 15 is 0 Å². The number of hydrazine groups is 1. The zero-order valence-corrected chi connectivity index (χ0v) is 12.4. The van der Waals surface area contributed by atoms with Gasteiger partial charge in [-0.2, -0.15) is 0 Å². The van der Waals surface area contributed by atoms with E-state index in [1.165, 1.54) is 23.3 Å². The quantitative estimate of drug-likeness (QED) is 0.457. The number of benzene rings is 1. The summed E-state index contributed by atoms with van der Waals surface area (Å²) in [5.41, 5.74) is 4.20. The molecule has 0 radical (unpaired) electrons. The van der Waals surface area contributed by atoms with Gasteiger partial charge >= 0.3 is 0 Å². The van der Waals surface area contributed by atoms with Crippen molar-refractivity contribution in [3.63, 3.8) is 0 Å². The van der Waals surface area contributed by atoms with Crippen LogP contribution < -0.4 is 11.3 Å². The van der Waals surface area contributed by atoms with Gasteiger partial charge in [0, 0.05) is 17.5 Å². The lowest BCUT2D eigenvalue weighted by Gasteiger charge is -2.17. The summed E-state index contributed by atoms with van der Waals surface area (Å²) < 4.78 is 5.65. The molecule has 0 bridgehead atoms. The Labute approximate surface area is 120 Å². The lowest BCUT2D eigenvalue weighted by Crippen LogP contribution is -2.28. The highest BCUT2D eigenvalue weighted by Crippen LogP contribution is 2.24. The van der Waals surface area contributed by atoms with Gasteiger partial charge in [-0.05, 0) is 56.1 Å². The number of nitrogens with one attached hydrogen (secondary N) is 1. The second-order valence-electron chi connectivity index (χ2n) is 5.06. The highest BCUT2D eigenvalue weighted by molar-refractivity contribution is 7.98. The lowest BCUT2D eigenvalue weighted by molar-refractivity contribution is 0.101. The minimum absolute atomic E-state index is 0.248. The first kappa shape index (κ1) is 14.9. The Bertz CT molecular complexity index is 363. The van der Waals surface area contributed by atoms with Crippen LogP contribution in [-0.4, -0.2) is 19.0 Å². The Hall–Kier alpha value is -0.550. The minimum Gasteiger partial charge on any atom is -0.378 e. The average Bonchev–Trinajstić information content (AvgIpc) is 2.97. The number of thioether (sulfide) groups is 1. The molecule has 1 aliphatic heterocycles. The van der Waals surface area contributed by atoms with Gasteiger partial charge in [-0.3, -0.25) is 11.3 Å². The predicted octanol–water partition coefficient (Wildman–Crippen LogP) is 3.26. The molecular formula is C15H24N2OS. The van der Waals surface area contributed by atoms with Crippen LogP contribution in [0.5, 0.6) is 0 Å². The molecule has 0 aliphatic carbocycles. The van der Waals surface area contributed by atoms with Crippen molar-refractivity contribution >= 4 is 11.8 Å². The van der Waals surface area contributed by atoms with Crippen molar-refractivity contribution in [2.75, 3.05) is 12.9 Å². The fourth-order valence-corrected chi connectivity index (χ4v) is 3.01. The number of ether oxygens (including phenoxy) is 1. The summed E-state index contributed by atoms with van der Waals surface area (Å²) in [7, 11) is 0. The monoisotopic (exact) mass is 280 g/mol. The smallest absolute Gasteiger partial charge is 0.0576 e. The standard InChI is InChI=1S/C15H24N2OS/c1-19-14-9-7-12(8-10-14)15(17-16)6-2-4-13-5-3-11-18-13/h7-10,13,15,17H,2-6,11,16H2,1H3. The van der Waals surface area contributed by atoms with Crippen molar-refractivity contribution in [3.05, 3.63) is 29.8 Å². The predicted molar refractivity (Wildman–Crippen MR) is 81.1 cm³/mol. The molecule has 4 heteroatoms. The van der Waals surface area contributed by atoms with Crippen LogP contribution in [0.15, 0.2) is 29.2 Å². The summed E-state index contributed by atoms with van der Waals surface area (Å²) in [4.78, 5) is 1.29. The molecule has 0 spiro atoms. The maximum absolute atomic E-state index is 5.68. The first-order valence-corrected chi connectivity index (χ1v) is 8.27. The summed E-state index contributed by atoms with van der Waals surface area (Å²) in [5, 5.41) is 0. The summed E-state index contributed by atoms with van der Waals surface area (Å²) >= 11 is 1.76. The maximum atomic E-state index is 5.68. The fraction of sp³-hybridized carbons (Fsp3) is 0.600. The van der Waals surface area contributed by atoms with E-state index in [1.54, 1.807) is 11.8 Å². The Morgan fingerprint density at radius 1 is 1.42 bits per heavy atom. The molecule has 3 nitrogen and oxygen atoms in total. The van der Waals surface area contributed by atoms with E-state index in [-0.39, 0.29) is 6.04 Å². The van der Waals surface area contributed by atoms with Gasteiger partial charge in [-0.1, -0.05) is 12.1 Å². The molecule has 0 amide bonds. The second-order valence-corrected chi connectivity index (χ2v) is 5.94. The molecule has 106 valence electrons. The molecule has 3 N–H and O–H groups in total. The van der Waals surface area contributed by atoms with Crippen LogP contribution in [0.2, 0.25) is 0 Å². The summed E-state index contributed by atoms with van der Waals surface area (Å²) in [6, 6.07) is 8.90. The molecule has 19 heavy (non-hydrogen) atoms. The summed E-state index contributed by atoms with van der Waals surface area (Å²) in [6.07, 6.45) is 8.40. The van der Waals surface area contributed by atoms with Gasteiger partial charge in [0.15, 0.2) is 0 Å². The third-order valence-electron chi connectivity index (χ3n) is 3.76. The van der Waals surface area contributed by atoms with Gasteiger partial charge in [0.2, 0.25) is 0 Å². The zero-order valence-electron chi connectivity index (χ0n) is 11.6. The third-order valence-corrected chi connectivity index (χ3v) is 4.51. The number of nitrogens with two attached hydrogens (primary N) is 1. The SMILES string of the molecule is CSc1ccc(C(CCCC2CCCO2)NN)cc1. The highest BCUT2D eigenvalue weighted by atomic mass is 32.2. The summed E-state index contributed by atoms with van der Waals surface area (Å²) in [6.45, 7) is 0.944. The van der Waals surface area contributed by atoms with Crippen molar-refractivity contribution < 1.29 is 4.74 Å². The Kier molecular flexibility index (Phi) is 6.17. The molecule has 0 aromatic heterocycles. The zero-order chi connectivity index (χ0) is 13.5. The van der Waals surface area contributed by atoms with E-state index in [0.717, 1.165) is 25.9 Å². The average molecular weight is 280 g/mol. The molecule has 1 heterocycles. The molecule has 1 aromatic rings. The Balaban J connectivity index is 1.80. The van der Waals surface area contributed by atoms with Gasteiger partial charge < -0.3 is 4.74 Å². The fourth-order valence-electron chi connectivity index (χ4n) is 2.60. The van der Waals surface area contributed by atoms with Crippen LogP contribution >= 0.6 is 11.8 Å². The summed E-state index contributed by atoms with van der Waals surface area (Å²) in [5.74, 6) is 5.68. The highest BCUT2D eigenvalue weighted by Gasteiger charge is 2.16. The van der Waals surface area contributed by atoms with E-state index in [4.69, 9.17) is 10.6 Å². The van der Waals surface area contributed by atoms with Gasteiger partial charge in [0.25, 0.3) is 0 Å². The van der Waals surface area contributed by atoms with E-state index in [1.807, 2.05) is 0 Å². The molecular weight excluding hydrogens is 256 g/mol. The van der Waals surface area contributed by atoms with Crippen LogP contribution in [0.1, 0.15) is 43.7 Å². The van der Waals surface area contributed by atoms with Crippen molar-refractivity contribution in [2.45, 2.75) is 49.1 Å². The molecule has 1 aliphatic rings. The van der Waals surface area contributed by atoms with Crippen LogP contribution in [0, 0.1) is 0 Å². The van der Waals surface area contributed by atoms with Gasteiger partial charge in [-0.15, -0.1) is 11.8 Å². The Morgan fingerprint density at radius 3 is 2.79 bits per heavy atom. The number of hydrogen-bond donors (Lipinski definition) is 2. The molecule has 2 atom stereocenters. The van der Waals surface area contributed by atoms with E-state index in [2.05, 4.69) is 35.9 Å². The van der Waals surface area contributed by atoms with Crippen LogP contribution in [-0.2, 0) is 4.74 Å². The van der Waals surface area contributed by atoms with Crippen LogP contribution in [0.4, 0.5) is 0 Å². The van der Waals surface area contributed by atoms with E-state index in [0.29, 0.717) is 6.10 Å². The topological polar surface area (TPSA) is 47.3 Å². The molecule has 2 unspecified atom stereocenters. The van der Waals surface area contributed by atoms with Crippen molar-refractivity contribution in [1.29, 1.82) is 0 Å². The number of hydrogen-bond acceptors (Lipinski definition) is 4. The van der Waals surface area contributed by atoms with Crippen LogP contribution in [0.3, 0.4) is 0 Å². The van der Waals surface area contributed by atoms with Gasteiger partial charge in [-0.25, -0.2) is 0 Å². The minimum atomic E-state index is 0.248. The number of rotatable bonds is 7. The Morgan fingerprint density at radius 2 is 2.21 bits per heavy atom. The molecule has 2 rings (SSSR count). The van der Waals surface area contributed by atoms with Crippen molar-refractivity contribution in [2.24, 2.45) is 5.84 Å². The second kappa shape index (κ2) is 7.90. The first-order valence-electron chi connectivity index (χ1n) is 7.05. The van der Waals surface area contributed by atoms with Crippen molar-refractivity contribution in [3.8, 4) is 0 Å². The molecule has 1 fully saturated rings. The van der Waals surface area contributed by atoms with E-state index in [9.17, 15) is 0 Å². The van der Waals surface area contributed by atoms with Crippen LogP contribution in [0.25, 0.3) is 0 Å². The third kappa shape index (κ3) is 4.49. The first-order chi connectivity index (χ1) is 9.33. The van der Waals surface area contributed by atoms with Crippen molar-refractivity contribution in [1.82, 2.24) is 5.43 Å². The van der Waals surface area contributed by atoms with E-state index < -0.39 is 0 Å².